The van der Waals surface area contributed by atoms with Crippen LogP contribution in [0.5, 0.6) is 0 Å². The highest BCUT2D eigenvalue weighted by Gasteiger charge is 2.30. The number of ketones is 1. The van der Waals surface area contributed by atoms with E-state index in [1.807, 2.05) is 60.5 Å². The molecule has 1 saturated heterocycles. The third-order valence-corrected chi connectivity index (χ3v) is 9.15. The number of hydrogen-bond donors (Lipinski definition) is 5. The Bertz CT molecular complexity index is 906. The summed E-state index contributed by atoms with van der Waals surface area (Å²) in [6.07, 6.45) is 18.0. The van der Waals surface area contributed by atoms with E-state index in [2.05, 4.69) is 59.2 Å². The van der Waals surface area contributed by atoms with Crippen molar-refractivity contribution in [2.75, 3.05) is 53.1 Å². The molecule has 328 valence electrons. The topological polar surface area (TPSA) is 140 Å². The maximum absolute atomic E-state index is 12.0. The van der Waals surface area contributed by atoms with E-state index in [9.17, 15) is 24.0 Å². The number of thiol groups is 1. The van der Waals surface area contributed by atoms with Crippen molar-refractivity contribution in [1.29, 1.82) is 0 Å². The number of carbonyl (C=O) groups excluding carboxylic acids is 5. The molecule has 1 aliphatic carbocycles. The molecule has 2 aliphatic rings. The molecule has 0 aromatic carbocycles. The fourth-order valence-electron chi connectivity index (χ4n) is 5.92. The number of nitrogens with one attached hydrogen (secondary N) is 4. The van der Waals surface area contributed by atoms with Gasteiger partial charge in [-0.2, -0.15) is 12.6 Å². The summed E-state index contributed by atoms with van der Waals surface area (Å²) in [6.45, 7) is 24.9. The predicted molar refractivity (Wildman–Crippen MR) is 240 cm³/mol. The van der Waals surface area contributed by atoms with Gasteiger partial charge in [0.25, 0.3) is 0 Å². The molecule has 4 atom stereocenters. The Morgan fingerprint density at radius 2 is 1.55 bits per heavy atom. The van der Waals surface area contributed by atoms with Crippen molar-refractivity contribution < 1.29 is 24.0 Å². The first kappa shape index (κ1) is 61.9. The molecular formula is C43H90N6O5S. The zero-order chi connectivity index (χ0) is 42.4. The van der Waals surface area contributed by atoms with E-state index in [0.717, 1.165) is 70.2 Å². The largest absolute Gasteiger partial charge is 0.355 e. The van der Waals surface area contributed by atoms with Gasteiger partial charge in [-0.15, -0.1) is 6.58 Å². The van der Waals surface area contributed by atoms with E-state index in [1.165, 1.54) is 44.9 Å². The van der Waals surface area contributed by atoms with Gasteiger partial charge in [0.2, 0.25) is 18.7 Å². The summed E-state index contributed by atoms with van der Waals surface area (Å²) in [5, 5.41) is 11.7. The first-order valence-electron chi connectivity index (χ1n) is 20.6. The van der Waals surface area contributed by atoms with Crippen LogP contribution in [0.1, 0.15) is 147 Å². The lowest BCUT2D eigenvalue weighted by molar-refractivity contribution is -0.129. The van der Waals surface area contributed by atoms with Crippen LogP contribution in [0.25, 0.3) is 0 Å². The summed E-state index contributed by atoms with van der Waals surface area (Å²) < 4.78 is 0. The Balaban J connectivity index is -0.000000205. The Labute approximate surface area is 345 Å². The summed E-state index contributed by atoms with van der Waals surface area (Å²) in [6, 6.07) is 0.0251. The number of carbonyl (C=O) groups is 5. The van der Waals surface area contributed by atoms with E-state index >= 15 is 0 Å². The second-order valence-corrected chi connectivity index (χ2v) is 15.3. The van der Waals surface area contributed by atoms with Crippen LogP contribution in [0, 0.1) is 11.3 Å². The third kappa shape index (κ3) is 34.7. The van der Waals surface area contributed by atoms with Crippen molar-refractivity contribution in [3.05, 3.63) is 12.7 Å². The Kier molecular flexibility index (Phi) is 48.3. The molecule has 0 spiro atoms. The van der Waals surface area contributed by atoms with Crippen molar-refractivity contribution in [2.24, 2.45) is 11.3 Å². The van der Waals surface area contributed by atoms with E-state index in [4.69, 9.17) is 0 Å². The Morgan fingerprint density at radius 1 is 0.982 bits per heavy atom. The molecule has 12 heteroatoms. The van der Waals surface area contributed by atoms with Gasteiger partial charge in [-0.25, -0.2) is 0 Å². The number of unbranched alkanes of at least 4 members (excludes halogenated alkanes) is 2. The molecule has 2 rings (SSSR count). The predicted octanol–water partition coefficient (Wildman–Crippen LogP) is 7.09. The summed E-state index contributed by atoms with van der Waals surface area (Å²) in [5.74, 6) is 1.72. The number of amides is 3. The highest BCUT2D eigenvalue weighted by atomic mass is 32.1. The lowest BCUT2D eigenvalue weighted by Crippen LogP contribution is -2.48. The zero-order valence-corrected chi connectivity index (χ0v) is 37.7. The molecular weight excluding hydrogens is 713 g/mol. The molecule has 1 aliphatic heterocycles. The molecule has 1 saturated carbocycles. The van der Waals surface area contributed by atoms with Gasteiger partial charge in [-0.1, -0.05) is 107 Å². The van der Waals surface area contributed by atoms with Gasteiger partial charge >= 0.3 is 0 Å². The van der Waals surface area contributed by atoms with Gasteiger partial charge in [-0.3, -0.25) is 24.1 Å². The van der Waals surface area contributed by atoms with E-state index in [0.29, 0.717) is 24.9 Å². The minimum absolute atomic E-state index is 0. The number of Topliss-reactive ketones (excluding diaryl/α,β-unsaturated/α-hetero) is 1. The monoisotopic (exact) mass is 803 g/mol. The number of likely N-dealkylation sites (tertiary alicyclic amines) is 1. The summed E-state index contributed by atoms with van der Waals surface area (Å²) in [7, 11) is 5.68. The smallest absolute Gasteiger partial charge is 0.237 e. The number of hydrogen-bond acceptors (Lipinski definition) is 9. The van der Waals surface area contributed by atoms with Gasteiger partial charge in [-0.05, 0) is 89.7 Å². The molecule has 2 fully saturated rings. The van der Waals surface area contributed by atoms with Crippen molar-refractivity contribution in [1.82, 2.24) is 31.1 Å². The van der Waals surface area contributed by atoms with Crippen molar-refractivity contribution in [3.8, 4) is 0 Å². The minimum Gasteiger partial charge on any atom is -0.355 e. The fraction of sp³-hybridized carbons (Fsp3) is 0.837. The van der Waals surface area contributed by atoms with Gasteiger partial charge in [0, 0.05) is 26.2 Å². The van der Waals surface area contributed by atoms with Crippen LogP contribution in [0.4, 0.5) is 0 Å². The van der Waals surface area contributed by atoms with Crippen LogP contribution in [0.2, 0.25) is 0 Å². The van der Waals surface area contributed by atoms with Gasteiger partial charge in [0.05, 0.1) is 18.1 Å². The van der Waals surface area contributed by atoms with Crippen LogP contribution in [-0.4, -0.2) is 118 Å². The average Bonchev–Trinajstić information content (AvgIpc) is 3.60. The second kappa shape index (κ2) is 42.9. The lowest BCUT2D eigenvalue weighted by Gasteiger charge is -2.35. The fourth-order valence-corrected chi connectivity index (χ4v) is 5.92. The highest BCUT2D eigenvalue weighted by Crippen LogP contribution is 2.28. The van der Waals surface area contributed by atoms with Gasteiger partial charge in [0.1, 0.15) is 6.29 Å². The number of rotatable bonds is 19. The summed E-state index contributed by atoms with van der Waals surface area (Å²) in [5.41, 5.74) is 0.0382. The second-order valence-electron chi connectivity index (χ2n) is 14.6. The first-order chi connectivity index (χ1) is 25.7. The quantitative estimate of drug-likeness (QED) is 0.0404. The molecule has 11 nitrogen and oxygen atoms in total. The Morgan fingerprint density at radius 3 is 1.89 bits per heavy atom. The maximum atomic E-state index is 12.0. The third-order valence-electron chi connectivity index (χ3n) is 9.15. The molecule has 0 aromatic rings. The summed E-state index contributed by atoms with van der Waals surface area (Å²) >= 11 is 3.79. The molecule has 3 amide bonds. The van der Waals surface area contributed by atoms with Gasteiger partial charge < -0.3 is 31.0 Å². The Hall–Kier alpha value is -2.28. The van der Waals surface area contributed by atoms with Crippen LogP contribution < -0.4 is 21.3 Å². The lowest BCUT2D eigenvalue weighted by atomic mass is 9.83. The normalized spacial score (nSPS) is 16.4. The van der Waals surface area contributed by atoms with Crippen LogP contribution in [0.3, 0.4) is 0 Å². The van der Waals surface area contributed by atoms with Crippen molar-refractivity contribution >= 4 is 43.4 Å². The number of likely N-dealkylation sites (N-methyl/N-ethyl adjacent to an activating group) is 3. The molecule has 55 heavy (non-hydrogen) atoms. The molecule has 0 bridgehead atoms. The highest BCUT2D eigenvalue weighted by molar-refractivity contribution is 7.80. The van der Waals surface area contributed by atoms with E-state index < -0.39 is 0 Å². The molecule has 4 N–H and O–H groups in total. The van der Waals surface area contributed by atoms with E-state index in [1.54, 1.807) is 20.0 Å². The van der Waals surface area contributed by atoms with Crippen molar-refractivity contribution in [3.63, 3.8) is 0 Å². The standard InChI is InChI=1S/C14H28N2O.C13H24N2O2.C7H15NO.C4H7NO.C2H6S.C2H6.CH4/c1-3-4-10-15-11-14(16(2)12-17)13-8-6-5-7-9-13;1-4-5-7-11(10(2)16)14-13(17)12-8-6-9-15(12)3;1-7(2,3)6(5-9)8-4;1-2-3-5-4-6;1-2-3;1-2;/h12-15H,3-11H2,1-2H3;11-12H,4-9H2,1-3H3,(H,14,17);5-6,8H,1-4H3;2,4H,1,3H2,(H,5,6);3H,2H2,1H3;1-2H3;1H4. The number of nitrogens with zero attached hydrogens (tertiary/aromatic N) is 2. The van der Waals surface area contributed by atoms with Crippen LogP contribution in [-0.2, 0) is 24.0 Å². The number of aldehydes is 1. The molecule has 1 heterocycles. The summed E-state index contributed by atoms with van der Waals surface area (Å²) in [4.78, 5) is 58.1. The van der Waals surface area contributed by atoms with Gasteiger partial charge in [0.15, 0.2) is 5.78 Å². The van der Waals surface area contributed by atoms with E-state index in [-0.39, 0.29) is 42.7 Å². The molecule has 4 unspecified atom stereocenters. The minimum atomic E-state index is -0.295. The van der Waals surface area contributed by atoms with Crippen molar-refractivity contribution in [2.45, 2.75) is 171 Å². The first-order valence-corrected chi connectivity index (χ1v) is 21.2. The maximum Gasteiger partial charge on any atom is 0.237 e. The van der Waals surface area contributed by atoms with Crippen LogP contribution >= 0.6 is 12.6 Å². The molecule has 0 radical (unpaired) electrons. The SMILES string of the molecule is C.C=CCNC=O.CC.CCCCC(NC(=O)C1CCCN1C)C(C)=O.CCCCNCC(C1CCCCC1)N(C)C=O.CCS.CNC(C=O)C(C)(C)C. The molecule has 0 aromatic heterocycles. The van der Waals surface area contributed by atoms with Crippen LogP contribution in [0.15, 0.2) is 12.7 Å². The zero-order valence-electron chi connectivity index (χ0n) is 36.8. The average molecular weight is 803 g/mol.